The maximum Gasteiger partial charge on any atom is 0.243 e. The normalized spacial score (nSPS) is 30.3. The molecule has 4 nitrogen and oxygen atoms in total. The zero-order valence-electron chi connectivity index (χ0n) is 14.8. The molecule has 24 heavy (non-hydrogen) atoms. The van der Waals surface area contributed by atoms with E-state index in [0.29, 0.717) is 23.9 Å². The number of hydrogen-bond acceptors (Lipinski definition) is 3. The van der Waals surface area contributed by atoms with Gasteiger partial charge in [-0.05, 0) is 62.1 Å². The Bertz CT molecular complexity index is 625. The molecular formula is C20H29N3O. The Balaban J connectivity index is 1.44. The average molecular weight is 327 g/mol. The van der Waals surface area contributed by atoms with Crippen molar-refractivity contribution in [1.29, 1.82) is 0 Å². The molecule has 1 saturated heterocycles. The number of fused-ring (bicyclic) bond motifs is 1. The van der Waals surface area contributed by atoms with Gasteiger partial charge in [0.25, 0.3) is 0 Å². The summed E-state index contributed by atoms with van der Waals surface area (Å²) in [6.45, 7) is 5.51. The van der Waals surface area contributed by atoms with E-state index < -0.39 is 0 Å². The standard InChI is InChI=1S/C20H29N3O/c1-12-5-3-7-15-11-16(22-17(12)15)20(24)23-19(14-8-9-14)18-13(2)6-4-10-21-18/h3,5,7,13-14,16,18-19,21-22H,4,6,8-11H2,1-2H3,(H,23,24)/t13?,16?,18?,19-/m0/s1. The predicted molar refractivity (Wildman–Crippen MR) is 97.1 cm³/mol. The van der Waals surface area contributed by atoms with Gasteiger partial charge in [-0.2, -0.15) is 0 Å². The van der Waals surface area contributed by atoms with Crippen molar-refractivity contribution in [2.45, 2.75) is 64.1 Å². The lowest BCUT2D eigenvalue weighted by Crippen LogP contribution is -2.58. The van der Waals surface area contributed by atoms with Crippen LogP contribution in [-0.4, -0.2) is 30.6 Å². The minimum absolute atomic E-state index is 0.124. The van der Waals surface area contributed by atoms with Crippen molar-refractivity contribution in [2.75, 3.05) is 11.9 Å². The lowest BCUT2D eigenvalue weighted by atomic mass is 9.85. The van der Waals surface area contributed by atoms with Crippen molar-refractivity contribution in [1.82, 2.24) is 10.6 Å². The largest absolute Gasteiger partial charge is 0.373 e. The van der Waals surface area contributed by atoms with Crippen LogP contribution in [0.15, 0.2) is 18.2 Å². The molecule has 1 saturated carbocycles. The second-order valence-corrected chi connectivity index (χ2v) is 7.98. The van der Waals surface area contributed by atoms with Crippen LogP contribution >= 0.6 is 0 Å². The minimum atomic E-state index is -0.124. The van der Waals surface area contributed by atoms with Gasteiger partial charge in [0, 0.05) is 24.2 Å². The number of piperidine rings is 1. The summed E-state index contributed by atoms with van der Waals surface area (Å²) >= 11 is 0. The second kappa shape index (κ2) is 6.40. The summed E-state index contributed by atoms with van der Waals surface area (Å²) in [6, 6.07) is 6.91. The van der Waals surface area contributed by atoms with Crippen LogP contribution in [0.5, 0.6) is 0 Å². The van der Waals surface area contributed by atoms with E-state index in [-0.39, 0.29) is 11.9 Å². The van der Waals surface area contributed by atoms with Crippen molar-refractivity contribution in [2.24, 2.45) is 11.8 Å². The zero-order valence-corrected chi connectivity index (χ0v) is 14.8. The summed E-state index contributed by atoms with van der Waals surface area (Å²) in [6.07, 6.45) is 5.83. The van der Waals surface area contributed by atoms with Crippen LogP contribution in [0, 0.1) is 18.8 Å². The van der Waals surface area contributed by atoms with Gasteiger partial charge in [-0.15, -0.1) is 0 Å². The molecule has 0 aromatic heterocycles. The first kappa shape index (κ1) is 15.9. The third-order valence-corrected chi connectivity index (χ3v) is 6.07. The number of nitrogens with one attached hydrogen (secondary N) is 3. The number of carbonyl (C=O) groups is 1. The Kier molecular flexibility index (Phi) is 4.25. The van der Waals surface area contributed by atoms with Gasteiger partial charge in [-0.3, -0.25) is 4.79 Å². The van der Waals surface area contributed by atoms with Crippen molar-refractivity contribution in [3.05, 3.63) is 29.3 Å². The smallest absolute Gasteiger partial charge is 0.243 e. The predicted octanol–water partition coefficient (Wildman–Crippen LogP) is 2.61. The molecule has 2 aliphatic heterocycles. The van der Waals surface area contributed by atoms with E-state index in [9.17, 15) is 4.79 Å². The SMILES string of the molecule is Cc1cccc2c1NC(C(=O)N[C@@H](C1CC1)C1NCCCC1C)C2. The third-order valence-electron chi connectivity index (χ3n) is 6.07. The van der Waals surface area contributed by atoms with E-state index in [0.717, 1.165) is 18.7 Å². The molecule has 0 radical (unpaired) electrons. The highest BCUT2D eigenvalue weighted by molar-refractivity contribution is 5.88. The maximum absolute atomic E-state index is 12.9. The van der Waals surface area contributed by atoms with Gasteiger partial charge in [-0.25, -0.2) is 0 Å². The quantitative estimate of drug-likeness (QED) is 0.797. The fourth-order valence-electron chi connectivity index (χ4n) is 4.48. The van der Waals surface area contributed by atoms with Crippen molar-refractivity contribution < 1.29 is 4.79 Å². The molecule has 0 spiro atoms. The minimum Gasteiger partial charge on any atom is -0.373 e. The number of carbonyl (C=O) groups excluding carboxylic acids is 1. The molecule has 2 fully saturated rings. The van der Waals surface area contributed by atoms with Gasteiger partial charge >= 0.3 is 0 Å². The molecule has 1 amide bonds. The monoisotopic (exact) mass is 327 g/mol. The molecule has 3 aliphatic rings. The number of hydrogen-bond donors (Lipinski definition) is 3. The van der Waals surface area contributed by atoms with Crippen molar-refractivity contribution in [3.8, 4) is 0 Å². The molecule has 3 unspecified atom stereocenters. The molecule has 4 heteroatoms. The van der Waals surface area contributed by atoms with E-state index in [2.05, 4.69) is 48.0 Å². The van der Waals surface area contributed by atoms with Gasteiger partial charge in [0.15, 0.2) is 0 Å². The third kappa shape index (κ3) is 3.04. The van der Waals surface area contributed by atoms with Crippen LogP contribution in [-0.2, 0) is 11.2 Å². The highest BCUT2D eigenvalue weighted by Crippen LogP contribution is 2.37. The summed E-state index contributed by atoms with van der Waals surface area (Å²) in [7, 11) is 0. The summed E-state index contributed by atoms with van der Waals surface area (Å²) in [5.41, 5.74) is 3.65. The Morgan fingerprint density at radius 3 is 2.83 bits per heavy atom. The number of amides is 1. The summed E-state index contributed by atoms with van der Waals surface area (Å²) < 4.78 is 0. The first-order chi connectivity index (χ1) is 11.6. The molecule has 1 aliphatic carbocycles. The molecule has 3 N–H and O–H groups in total. The Morgan fingerprint density at radius 1 is 1.29 bits per heavy atom. The molecule has 2 heterocycles. The van der Waals surface area contributed by atoms with Crippen LogP contribution in [0.1, 0.15) is 43.7 Å². The molecule has 130 valence electrons. The Hall–Kier alpha value is -1.55. The van der Waals surface area contributed by atoms with Crippen molar-refractivity contribution >= 4 is 11.6 Å². The molecule has 1 aromatic rings. The summed E-state index contributed by atoms with van der Waals surface area (Å²) in [5.74, 6) is 1.47. The fraction of sp³-hybridized carbons (Fsp3) is 0.650. The molecule has 0 bridgehead atoms. The zero-order chi connectivity index (χ0) is 16.7. The van der Waals surface area contributed by atoms with Gasteiger partial charge in [0.1, 0.15) is 6.04 Å². The van der Waals surface area contributed by atoms with Gasteiger partial charge in [0.2, 0.25) is 5.91 Å². The topological polar surface area (TPSA) is 53.2 Å². The van der Waals surface area contributed by atoms with Crippen LogP contribution in [0.2, 0.25) is 0 Å². The van der Waals surface area contributed by atoms with E-state index >= 15 is 0 Å². The van der Waals surface area contributed by atoms with Gasteiger partial charge in [0.05, 0.1) is 0 Å². The molecule has 4 rings (SSSR count). The van der Waals surface area contributed by atoms with E-state index in [1.165, 1.54) is 36.8 Å². The van der Waals surface area contributed by atoms with Crippen LogP contribution in [0.4, 0.5) is 5.69 Å². The van der Waals surface area contributed by atoms with E-state index in [4.69, 9.17) is 0 Å². The van der Waals surface area contributed by atoms with Gasteiger partial charge < -0.3 is 16.0 Å². The van der Waals surface area contributed by atoms with Crippen LogP contribution < -0.4 is 16.0 Å². The lowest BCUT2D eigenvalue weighted by Gasteiger charge is -2.37. The summed E-state index contributed by atoms with van der Waals surface area (Å²) in [5, 5.41) is 10.5. The number of para-hydroxylation sites is 1. The Labute approximate surface area is 144 Å². The Morgan fingerprint density at radius 2 is 2.12 bits per heavy atom. The molecule has 1 aromatic carbocycles. The molecular weight excluding hydrogens is 298 g/mol. The van der Waals surface area contributed by atoms with Gasteiger partial charge in [-0.1, -0.05) is 25.1 Å². The number of anilines is 1. The van der Waals surface area contributed by atoms with Crippen molar-refractivity contribution in [3.63, 3.8) is 0 Å². The second-order valence-electron chi connectivity index (χ2n) is 7.98. The highest BCUT2D eigenvalue weighted by atomic mass is 16.2. The van der Waals surface area contributed by atoms with Crippen LogP contribution in [0.25, 0.3) is 0 Å². The number of benzene rings is 1. The highest BCUT2D eigenvalue weighted by Gasteiger charge is 2.41. The van der Waals surface area contributed by atoms with E-state index in [1.807, 2.05) is 0 Å². The maximum atomic E-state index is 12.9. The lowest BCUT2D eigenvalue weighted by molar-refractivity contribution is -0.123. The fourth-order valence-corrected chi connectivity index (χ4v) is 4.48. The number of rotatable bonds is 4. The summed E-state index contributed by atoms with van der Waals surface area (Å²) in [4.78, 5) is 12.9. The number of aryl methyl sites for hydroxylation is 1. The molecule has 4 atom stereocenters. The van der Waals surface area contributed by atoms with E-state index in [1.54, 1.807) is 0 Å². The first-order valence-electron chi connectivity index (χ1n) is 9.52. The van der Waals surface area contributed by atoms with Crippen LogP contribution in [0.3, 0.4) is 0 Å². The first-order valence-corrected chi connectivity index (χ1v) is 9.52. The average Bonchev–Trinajstić information content (AvgIpc) is 3.31.